The summed E-state index contributed by atoms with van der Waals surface area (Å²) in [6, 6.07) is 17.8. The van der Waals surface area contributed by atoms with E-state index in [0.29, 0.717) is 6.54 Å². The van der Waals surface area contributed by atoms with Gasteiger partial charge in [0.05, 0.1) is 11.2 Å². The van der Waals surface area contributed by atoms with Crippen LogP contribution >= 0.6 is 0 Å². The first-order valence-corrected chi connectivity index (χ1v) is 6.86. The minimum absolute atomic E-state index is 0.176. The Morgan fingerprint density at radius 1 is 1.00 bits per heavy atom. The molecule has 3 rings (SSSR count). The van der Waals surface area contributed by atoms with Gasteiger partial charge in [-0.15, -0.1) is 0 Å². The lowest BCUT2D eigenvalue weighted by molar-refractivity contribution is 0.661. The highest BCUT2D eigenvalue weighted by atomic mass is 16.1. The van der Waals surface area contributed by atoms with Crippen LogP contribution < -0.4 is 5.69 Å². The molecule has 2 aromatic carbocycles. The zero-order valence-electron chi connectivity index (χ0n) is 11.4. The topological polar surface area (TPSA) is 34.9 Å². The van der Waals surface area contributed by atoms with Crippen LogP contribution in [0.2, 0.25) is 0 Å². The van der Waals surface area contributed by atoms with Crippen LogP contribution in [-0.2, 0) is 6.54 Å². The second-order valence-electron chi connectivity index (χ2n) is 4.78. The highest BCUT2D eigenvalue weighted by molar-refractivity contribution is 5.92. The highest BCUT2D eigenvalue weighted by Gasteiger charge is 2.10. The molecule has 1 aromatic heterocycles. The molecule has 0 unspecified atom stereocenters. The molecule has 0 radical (unpaired) electrons. The first-order chi connectivity index (χ1) is 9.81. The first kappa shape index (κ1) is 12.6. The van der Waals surface area contributed by atoms with Gasteiger partial charge < -0.3 is 0 Å². The molecule has 0 aliphatic heterocycles. The van der Waals surface area contributed by atoms with E-state index in [4.69, 9.17) is 0 Å². The van der Waals surface area contributed by atoms with Crippen molar-refractivity contribution in [3.63, 3.8) is 0 Å². The molecule has 0 N–H and O–H groups in total. The van der Waals surface area contributed by atoms with E-state index in [-0.39, 0.29) is 5.69 Å². The van der Waals surface area contributed by atoms with Gasteiger partial charge in [0.25, 0.3) is 0 Å². The summed E-state index contributed by atoms with van der Waals surface area (Å²) in [7, 11) is 0. The first-order valence-electron chi connectivity index (χ1n) is 6.86. The van der Waals surface area contributed by atoms with Gasteiger partial charge in [-0.25, -0.2) is 4.79 Å². The molecule has 0 spiro atoms. The van der Waals surface area contributed by atoms with Gasteiger partial charge in [0.1, 0.15) is 0 Å². The van der Waals surface area contributed by atoms with Crippen molar-refractivity contribution in [2.75, 3.05) is 0 Å². The van der Waals surface area contributed by atoms with Crippen LogP contribution in [0.15, 0.2) is 59.4 Å². The summed E-state index contributed by atoms with van der Waals surface area (Å²) >= 11 is 0. The molecular formula is C17H16N2O. The van der Waals surface area contributed by atoms with E-state index in [1.807, 2.05) is 54.6 Å². The molecule has 20 heavy (non-hydrogen) atoms. The third-order valence-corrected chi connectivity index (χ3v) is 3.38. The van der Waals surface area contributed by atoms with Crippen molar-refractivity contribution in [2.24, 2.45) is 0 Å². The summed E-state index contributed by atoms with van der Waals surface area (Å²) in [4.78, 5) is 16.6. The van der Waals surface area contributed by atoms with Crippen LogP contribution in [0.5, 0.6) is 0 Å². The van der Waals surface area contributed by atoms with Gasteiger partial charge in [-0.3, -0.25) is 4.57 Å². The average molecular weight is 264 g/mol. The van der Waals surface area contributed by atoms with Crippen molar-refractivity contribution in [1.82, 2.24) is 9.55 Å². The van der Waals surface area contributed by atoms with Crippen molar-refractivity contribution in [3.8, 4) is 11.3 Å². The molecule has 3 aromatic rings. The van der Waals surface area contributed by atoms with Crippen molar-refractivity contribution in [3.05, 3.63) is 65.1 Å². The molecule has 1 heterocycles. The van der Waals surface area contributed by atoms with Crippen LogP contribution in [0.1, 0.15) is 13.3 Å². The molecule has 0 bridgehead atoms. The summed E-state index contributed by atoms with van der Waals surface area (Å²) in [5.41, 5.74) is 2.51. The minimum Gasteiger partial charge on any atom is -0.292 e. The summed E-state index contributed by atoms with van der Waals surface area (Å²) in [6.45, 7) is 2.76. The predicted octanol–water partition coefficient (Wildman–Crippen LogP) is 3.47. The second kappa shape index (κ2) is 5.29. The molecule has 0 aliphatic carbocycles. The van der Waals surface area contributed by atoms with Gasteiger partial charge in [0.2, 0.25) is 0 Å². The molecular weight excluding hydrogens is 248 g/mol. The number of fused-ring (bicyclic) bond motifs is 1. The van der Waals surface area contributed by atoms with Gasteiger partial charge in [-0.1, -0.05) is 55.5 Å². The van der Waals surface area contributed by atoms with Crippen molar-refractivity contribution >= 4 is 10.9 Å². The highest BCUT2D eigenvalue weighted by Crippen LogP contribution is 2.24. The third kappa shape index (κ3) is 2.11. The number of aryl methyl sites for hydroxylation is 1. The van der Waals surface area contributed by atoms with Gasteiger partial charge in [0, 0.05) is 17.5 Å². The van der Waals surface area contributed by atoms with Crippen molar-refractivity contribution in [1.29, 1.82) is 0 Å². The molecule has 0 saturated carbocycles. The molecule has 0 fully saturated rings. The predicted molar refractivity (Wildman–Crippen MR) is 81.7 cm³/mol. The maximum absolute atomic E-state index is 12.3. The van der Waals surface area contributed by atoms with Gasteiger partial charge >= 0.3 is 5.69 Å². The lowest BCUT2D eigenvalue weighted by Crippen LogP contribution is -2.23. The molecule has 0 atom stereocenters. The smallest absolute Gasteiger partial charge is 0.292 e. The number of benzene rings is 2. The van der Waals surface area contributed by atoms with Crippen LogP contribution in [0, 0.1) is 0 Å². The quantitative estimate of drug-likeness (QED) is 0.726. The number of nitrogens with zero attached hydrogens (tertiary/aromatic N) is 2. The van der Waals surface area contributed by atoms with E-state index in [2.05, 4.69) is 11.9 Å². The van der Waals surface area contributed by atoms with E-state index in [1.165, 1.54) is 0 Å². The van der Waals surface area contributed by atoms with Gasteiger partial charge in [0.15, 0.2) is 0 Å². The fraction of sp³-hybridized carbons (Fsp3) is 0.176. The maximum Gasteiger partial charge on any atom is 0.348 e. The van der Waals surface area contributed by atoms with E-state index in [9.17, 15) is 4.79 Å². The zero-order valence-corrected chi connectivity index (χ0v) is 11.4. The number of para-hydroxylation sites is 1. The molecule has 100 valence electrons. The monoisotopic (exact) mass is 264 g/mol. The fourth-order valence-corrected chi connectivity index (χ4v) is 2.48. The average Bonchev–Trinajstić information content (AvgIpc) is 2.51. The Kier molecular flexibility index (Phi) is 3.33. The summed E-state index contributed by atoms with van der Waals surface area (Å²) in [5.74, 6) is 0. The van der Waals surface area contributed by atoms with Crippen LogP contribution in [-0.4, -0.2) is 9.55 Å². The van der Waals surface area contributed by atoms with Crippen LogP contribution in [0.3, 0.4) is 0 Å². The third-order valence-electron chi connectivity index (χ3n) is 3.38. The molecule has 3 heteroatoms. The SMILES string of the molecule is CCCn1c(=O)nc(-c2ccccc2)c2ccccc21. The Morgan fingerprint density at radius 3 is 2.45 bits per heavy atom. The van der Waals surface area contributed by atoms with E-state index < -0.39 is 0 Å². The van der Waals surface area contributed by atoms with Gasteiger partial charge in [-0.05, 0) is 12.5 Å². The summed E-state index contributed by atoms with van der Waals surface area (Å²) < 4.78 is 1.75. The summed E-state index contributed by atoms with van der Waals surface area (Å²) in [5, 5.41) is 1.02. The molecule has 0 amide bonds. The van der Waals surface area contributed by atoms with E-state index in [0.717, 1.165) is 28.6 Å². The molecule has 0 aliphatic rings. The Morgan fingerprint density at radius 2 is 1.70 bits per heavy atom. The van der Waals surface area contributed by atoms with Crippen molar-refractivity contribution in [2.45, 2.75) is 19.9 Å². The fourth-order valence-electron chi connectivity index (χ4n) is 2.48. The maximum atomic E-state index is 12.3. The standard InChI is InChI=1S/C17H16N2O/c1-2-12-19-15-11-7-6-10-14(15)16(18-17(19)20)13-8-4-3-5-9-13/h3-11H,2,12H2,1H3. The number of aromatic nitrogens is 2. The van der Waals surface area contributed by atoms with Gasteiger partial charge in [-0.2, -0.15) is 4.98 Å². The Bertz CT molecular complexity index is 791. The number of hydrogen-bond acceptors (Lipinski definition) is 2. The largest absolute Gasteiger partial charge is 0.348 e. The van der Waals surface area contributed by atoms with Crippen LogP contribution in [0.4, 0.5) is 0 Å². The van der Waals surface area contributed by atoms with E-state index in [1.54, 1.807) is 4.57 Å². The second-order valence-corrected chi connectivity index (χ2v) is 4.78. The normalized spacial score (nSPS) is 10.8. The lowest BCUT2D eigenvalue weighted by atomic mass is 10.1. The summed E-state index contributed by atoms with van der Waals surface area (Å²) in [6.07, 6.45) is 0.913. The minimum atomic E-state index is -0.176. The lowest BCUT2D eigenvalue weighted by Gasteiger charge is -2.11. The Labute approximate surface area is 117 Å². The molecule has 0 saturated heterocycles. The van der Waals surface area contributed by atoms with E-state index >= 15 is 0 Å². The molecule has 3 nitrogen and oxygen atoms in total. The van der Waals surface area contributed by atoms with Crippen LogP contribution in [0.25, 0.3) is 22.2 Å². The zero-order chi connectivity index (χ0) is 13.9. The number of rotatable bonds is 3. The number of hydrogen-bond donors (Lipinski definition) is 0. The van der Waals surface area contributed by atoms with Crippen molar-refractivity contribution < 1.29 is 0 Å². The Balaban J connectivity index is 2.35. The Hall–Kier alpha value is -2.42.